The van der Waals surface area contributed by atoms with Crippen molar-refractivity contribution in [2.24, 2.45) is 5.41 Å². The second-order valence-electron chi connectivity index (χ2n) is 5.92. The molecule has 1 aliphatic rings. The summed E-state index contributed by atoms with van der Waals surface area (Å²) >= 11 is 4.15. The Morgan fingerprint density at radius 3 is 1.77 bits per heavy atom. The zero-order valence-corrected chi connectivity index (χ0v) is 16.2. The fourth-order valence-corrected chi connectivity index (χ4v) is 2.12. The van der Waals surface area contributed by atoms with Crippen molar-refractivity contribution in [2.45, 2.75) is 18.6 Å². The molecule has 5 heteroatoms. The molecule has 1 aliphatic carbocycles. The standard InChI is InChI=1S/C8H11NS.C7H8FN.C6H8O/c1-9-8-4-2-7(6-10)3-5-8;1-9-7-4-2-6(8)3-5-7;1-2-6(5-7)3-4-6/h2-5,9-10H,6H2,1H3;2-5,9H,1H3;2,5H,1,3-4H2. The van der Waals surface area contributed by atoms with Gasteiger partial charge in [-0.2, -0.15) is 12.6 Å². The first-order valence-electron chi connectivity index (χ1n) is 8.43. The molecular formula is C21H27FN2OS. The summed E-state index contributed by atoms with van der Waals surface area (Å²) in [5.74, 6) is 0.610. The van der Waals surface area contributed by atoms with E-state index in [9.17, 15) is 9.18 Å². The predicted molar refractivity (Wildman–Crippen MR) is 113 cm³/mol. The molecule has 0 spiro atoms. The largest absolute Gasteiger partial charge is 0.388 e. The SMILES string of the molecule is C=CC1(C=O)CC1.CNc1ccc(CS)cc1.CNc1ccc(F)cc1. The van der Waals surface area contributed by atoms with E-state index in [1.807, 2.05) is 19.2 Å². The van der Waals surface area contributed by atoms with Gasteiger partial charge in [-0.1, -0.05) is 18.2 Å². The fraction of sp³-hybridized carbons (Fsp3) is 0.286. The molecule has 3 rings (SSSR count). The average molecular weight is 375 g/mol. The van der Waals surface area contributed by atoms with E-state index < -0.39 is 0 Å². The van der Waals surface area contributed by atoms with Crippen LogP contribution in [0.15, 0.2) is 61.2 Å². The Balaban J connectivity index is 0.000000198. The highest BCUT2D eigenvalue weighted by Crippen LogP contribution is 2.44. The van der Waals surface area contributed by atoms with E-state index in [0.717, 1.165) is 36.3 Å². The summed E-state index contributed by atoms with van der Waals surface area (Å²) in [6.45, 7) is 3.53. The molecule has 0 atom stereocenters. The lowest BCUT2D eigenvalue weighted by molar-refractivity contribution is -0.110. The summed E-state index contributed by atoms with van der Waals surface area (Å²) in [5.41, 5.74) is 3.24. The third kappa shape index (κ3) is 7.74. The second-order valence-corrected chi connectivity index (χ2v) is 6.23. The topological polar surface area (TPSA) is 41.1 Å². The maximum atomic E-state index is 12.2. The van der Waals surface area contributed by atoms with Crippen molar-refractivity contribution < 1.29 is 9.18 Å². The smallest absolute Gasteiger partial charge is 0.129 e. The van der Waals surface area contributed by atoms with Crippen molar-refractivity contribution in [1.82, 2.24) is 0 Å². The molecule has 0 radical (unpaired) electrons. The maximum Gasteiger partial charge on any atom is 0.129 e. The summed E-state index contributed by atoms with van der Waals surface area (Å²) in [6.07, 6.45) is 4.75. The van der Waals surface area contributed by atoms with Crippen molar-refractivity contribution in [1.29, 1.82) is 0 Å². The molecule has 0 amide bonds. The van der Waals surface area contributed by atoms with Gasteiger partial charge in [0.2, 0.25) is 0 Å². The van der Waals surface area contributed by atoms with Gasteiger partial charge in [-0.25, -0.2) is 4.39 Å². The Morgan fingerprint density at radius 2 is 1.50 bits per heavy atom. The van der Waals surface area contributed by atoms with Crippen LogP contribution in [0.5, 0.6) is 0 Å². The van der Waals surface area contributed by atoms with Crippen LogP contribution in [0.25, 0.3) is 0 Å². The van der Waals surface area contributed by atoms with E-state index in [1.54, 1.807) is 25.3 Å². The molecule has 3 nitrogen and oxygen atoms in total. The van der Waals surface area contributed by atoms with Crippen molar-refractivity contribution in [2.75, 3.05) is 24.7 Å². The van der Waals surface area contributed by atoms with Crippen LogP contribution in [0.1, 0.15) is 18.4 Å². The number of hydrogen-bond donors (Lipinski definition) is 3. The van der Waals surface area contributed by atoms with E-state index in [-0.39, 0.29) is 11.2 Å². The van der Waals surface area contributed by atoms with Crippen LogP contribution < -0.4 is 10.6 Å². The molecule has 0 heterocycles. The lowest BCUT2D eigenvalue weighted by Gasteiger charge is -1.99. The van der Waals surface area contributed by atoms with E-state index in [1.165, 1.54) is 17.7 Å². The number of hydrogen-bond acceptors (Lipinski definition) is 4. The molecule has 2 N–H and O–H groups in total. The lowest BCUT2D eigenvalue weighted by atomic mass is 10.1. The molecule has 1 fully saturated rings. The molecule has 0 bridgehead atoms. The van der Waals surface area contributed by atoms with Gasteiger partial charge in [0, 0.05) is 36.6 Å². The molecule has 26 heavy (non-hydrogen) atoms. The van der Waals surface area contributed by atoms with Crippen LogP contribution >= 0.6 is 12.6 Å². The van der Waals surface area contributed by atoms with Gasteiger partial charge < -0.3 is 15.4 Å². The first kappa shape index (κ1) is 21.8. The van der Waals surface area contributed by atoms with Crippen LogP contribution in [0.4, 0.5) is 15.8 Å². The minimum Gasteiger partial charge on any atom is -0.388 e. The molecule has 0 aromatic heterocycles. The molecule has 1 saturated carbocycles. The summed E-state index contributed by atoms with van der Waals surface area (Å²) in [4.78, 5) is 10.0. The number of carbonyl (C=O) groups is 1. The van der Waals surface area contributed by atoms with Crippen LogP contribution in [0, 0.1) is 11.2 Å². The Morgan fingerprint density at radius 1 is 1.04 bits per heavy atom. The molecule has 0 unspecified atom stereocenters. The Bertz CT molecular complexity index is 634. The average Bonchev–Trinajstić information content (AvgIpc) is 3.50. The fourth-order valence-electron chi connectivity index (χ4n) is 1.91. The highest BCUT2D eigenvalue weighted by molar-refractivity contribution is 7.79. The van der Waals surface area contributed by atoms with Gasteiger partial charge in [0.1, 0.15) is 12.1 Å². The number of allylic oxidation sites excluding steroid dienone is 1. The van der Waals surface area contributed by atoms with Crippen molar-refractivity contribution in [3.63, 3.8) is 0 Å². The summed E-state index contributed by atoms with van der Waals surface area (Å²) in [6, 6.07) is 14.5. The Kier molecular flexibility index (Phi) is 9.52. The summed E-state index contributed by atoms with van der Waals surface area (Å²) < 4.78 is 12.2. The van der Waals surface area contributed by atoms with Crippen LogP contribution in [-0.2, 0) is 10.5 Å². The van der Waals surface area contributed by atoms with Gasteiger partial charge >= 0.3 is 0 Å². The molecule has 2 aromatic carbocycles. The summed E-state index contributed by atoms with van der Waals surface area (Å²) in [5, 5.41) is 5.94. The van der Waals surface area contributed by atoms with E-state index in [0.29, 0.717) is 0 Å². The third-order valence-corrected chi connectivity index (χ3v) is 4.39. The zero-order valence-electron chi connectivity index (χ0n) is 15.3. The second kappa shape index (κ2) is 11.4. The van der Waals surface area contributed by atoms with Gasteiger partial charge in [0.15, 0.2) is 0 Å². The molecule has 2 aromatic rings. The van der Waals surface area contributed by atoms with Gasteiger partial charge in [-0.3, -0.25) is 0 Å². The number of nitrogens with one attached hydrogen (secondary N) is 2. The predicted octanol–water partition coefficient (Wildman–Crippen LogP) is 5.18. The maximum absolute atomic E-state index is 12.2. The van der Waals surface area contributed by atoms with Gasteiger partial charge in [-0.05, 0) is 54.8 Å². The number of thiol groups is 1. The van der Waals surface area contributed by atoms with Crippen molar-refractivity contribution >= 4 is 30.3 Å². The van der Waals surface area contributed by atoms with E-state index in [4.69, 9.17) is 0 Å². The van der Waals surface area contributed by atoms with Crippen LogP contribution in [-0.4, -0.2) is 20.4 Å². The highest BCUT2D eigenvalue weighted by atomic mass is 32.1. The molecular weight excluding hydrogens is 347 g/mol. The Hall–Kier alpha value is -2.27. The van der Waals surface area contributed by atoms with Gasteiger partial charge in [0.05, 0.1) is 0 Å². The minimum absolute atomic E-state index is 0.0833. The van der Waals surface area contributed by atoms with Crippen LogP contribution in [0.2, 0.25) is 0 Å². The van der Waals surface area contributed by atoms with Crippen LogP contribution in [0.3, 0.4) is 0 Å². The number of benzene rings is 2. The number of carbonyl (C=O) groups excluding carboxylic acids is 1. The number of rotatable bonds is 5. The first-order valence-corrected chi connectivity index (χ1v) is 9.06. The number of halogens is 1. The number of aldehydes is 1. The quantitative estimate of drug-likeness (QED) is 0.384. The minimum atomic E-state index is -0.200. The number of anilines is 2. The third-order valence-electron chi connectivity index (χ3n) is 4.03. The molecule has 0 aliphatic heterocycles. The highest BCUT2D eigenvalue weighted by Gasteiger charge is 2.38. The van der Waals surface area contributed by atoms with E-state index >= 15 is 0 Å². The van der Waals surface area contributed by atoms with E-state index in [2.05, 4.69) is 42.0 Å². The lowest BCUT2D eigenvalue weighted by Crippen LogP contribution is -1.93. The molecule has 0 saturated heterocycles. The summed E-state index contributed by atoms with van der Waals surface area (Å²) in [7, 11) is 3.71. The zero-order chi connectivity index (χ0) is 19.4. The first-order chi connectivity index (χ1) is 12.5. The van der Waals surface area contributed by atoms with Gasteiger partial charge in [-0.15, -0.1) is 6.58 Å². The molecule has 140 valence electrons. The van der Waals surface area contributed by atoms with Crippen molar-refractivity contribution in [3.05, 3.63) is 72.6 Å². The normalized spacial score (nSPS) is 13.1. The van der Waals surface area contributed by atoms with Crippen molar-refractivity contribution in [3.8, 4) is 0 Å². The van der Waals surface area contributed by atoms with Gasteiger partial charge in [0.25, 0.3) is 0 Å². The Labute approximate surface area is 161 Å². The monoisotopic (exact) mass is 374 g/mol.